The fourth-order valence-electron chi connectivity index (χ4n) is 4.36. The highest BCUT2D eigenvalue weighted by Crippen LogP contribution is 2.26. The molecular weight excluding hydrogens is 396 g/mol. The van der Waals surface area contributed by atoms with Crippen LogP contribution < -0.4 is 10.9 Å². The lowest BCUT2D eigenvalue weighted by Crippen LogP contribution is -2.48. The SMILES string of the molecule is CCc1c(C)nc2n(c1=O)CC(C(=O)NC1CCN(Cc3ccccc3)CC1)CS2. The molecule has 30 heavy (non-hydrogen) atoms. The molecule has 0 spiro atoms. The Morgan fingerprint density at radius 3 is 2.67 bits per heavy atom. The van der Waals surface area contributed by atoms with Crippen LogP contribution >= 0.6 is 11.8 Å². The van der Waals surface area contributed by atoms with Gasteiger partial charge in [-0.3, -0.25) is 19.1 Å². The number of hydrogen-bond donors (Lipinski definition) is 1. The molecule has 1 amide bonds. The maximum atomic E-state index is 12.9. The molecule has 4 rings (SSSR count). The van der Waals surface area contributed by atoms with Crippen molar-refractivity contribution in [2.45, 2.75) is 57.4 Å². The number of hydrogen-bond acceptors (Lipinski definition) is 5. The Labute approximate surface area is 182 Å². The summed E-state index contributed by atoms with van der Waals surface area (Å²) in [4.78, 5) is 32.7. The lowest BCUT2D eigenvalue weighted by Gasteiger charge is -2.33. The van der Waals surface area contributed by atoms with E-state index in [0.29, 0.717) is 18.7 Å². The third-order valence-corrected chi connectivity index (χ3v) is 7.30. The molecule has 3 heterocycles. The maximum absolute atomic E-state index is 12.9. The molecule has 6 nitrogen and oxygen atoms in total. The molecule has 0 saturated carbocycles. The van der Waals surface area contributed by atoms with Crippen molar-refractivity contribution in [2.24, 2.45) is 5.92 Å². The molecule has 2 aromatic rings. The number of rotatable bonds is 5. The predicted molar refractivity (Wildman–Crippen MR) is 120 cm³/mol. The van der Waals surface area contributed by atoms with Crippen molar-refractivity contribution < 1.29 is 4.79 Å². The first kappa shape index (κ1) is 21.1. The Hall–Kier alpha value is -2.12. The number of aryl methyl sites for hydroxylation is 1. The van der Waals surface area contributed by atoms with Crippen LogP contribution in [0, 0.1) is 12.8 Å². The lowest BCUT2D eigenvalue weighted by molar-refractivity contribution is -0.125. The molecule has 1 aromatic carbocycles. The molecule has 0 radical (unpaired) electrons. The van der Waals surface area contributed by atoms with E-state index in [2.05, 4.69) is 39.5 Å². The van der Waals surface area contributed by atoms with Gasteiger partial charge in [0, 0.05) is 49.2 Å². The van der Waals surface area contributed by atoms with E-state index in [1.165, 1.54) is 17.3 Å². The van der Waals surface area contributed by atoms with E-state index in [9.17, 15) is 9.59 Å². The fraction of sp³-hybridized carbons (Fsp3) is 0.522. The Bertz CT molecular complexity index is 952. The largest absolute Gasteiger partial charge is 0.353 e. The van der Waals surface area contributed by atoms with Gasteiger partial charge in [-0.05, 0) is 31.7 Å². The first-order chi connectivity index (χ1) is 14.5. The van der Waals surface area contributed by atoms with Crippen LogP contribution in [0.25, 0.3) is 0 Å². The molecule has 0 bridgehead atoms. The highest BCUT2D eigenvalue weighted by molar-refractivity contribution is 7.99. The molecule has 1 saturated heterocycles. The molecule has 1 fully saturated rings. The number of carbonyl (C=O) groups is 1. The van der Waals surface area contributed by atoms with E-state index < -0.39 is 0 Å². The summed E-state index contributed by atoms with van der Waals surface area (Å²) in [5.74, 6) is 0.563. The Morgan fingerprint density at radius 2 is 1.97 bits per heavy atom. The van der Waals surface area contributed by atoms with Gasteiger partial charge in [-0.25, -0.2) is 4.98 Å². The number of carbonyl (C=O) groups excluding carboxylic acids is 1. The van der Waals surface area contributed by atoms with Gasteiger partial charge >= 0.3 is 0 Å². The van der Waals surface area contributed by atoms with E-state index in [-0.39, 0.29) is 23.4 Å². The molecule has 1 aromatic heterocycles. The van der Waals surface area contributed by atoms with Gasteiger partial charge in [-0.1, -0.05) is 49.0 Å². The third-order valence-electron chi connectivity index (χ3n) is 6.16. The molecule has 1 unspecified atom stereocenters. The van der Waals surface area contributed by atoms with Crippen LogP contribution in [-0.4, -0.2) is 45.2 Å². The van der Waals surface area contributed by atoms with E-state index in [0.717, 1.165) is 48.9 Å². The van der Waals surface area contributed by atoms with Gasteiger partial charge in [-0.15, -0.1) is 0 Å². The van der Waals surface area contributed by atoms with E-state index in [1.54, 1.807) is 4.57 Å². The second-order valence-corrected chi connectivity index (χ2v) is 9.27. The summed E-state index contributed by atoms with van der Waals surface area (Å²) in [5.41, 5.74) is 2.91. The zero-order valence-electron chi connectivity index (χ0n) is 17.8. The number of thioether (sulfide) groups is 1. The standard InChI is InChI=1S/C23H30N4O2S/c1-3-20-16(2)24-23-27(22(20)29)14-18(15-30-23)21(28)25-19-9-11-26(12-10-19)13-17-7-5-4-6-8-17/h4-8,18-19H,3,9-15H2,1-2H3,(H,25,28). The monoisotopic (exact) mass is 426 g/mol. The van der Waals surface area contributed by atoms with Gasteiger partial charge in [0.25, 0.3) is 5.56 Å². The van der Waals surface area contributed by atoms with Crippen molar-refractivity contribution in [3.05, 3.63) is 57.5 Å². The summed E-state index contributed by atoms with van der Waals surface area (Å²) in [6, 6.07) is 10.7. The van der Waals surface area contributed by atoms with Crippen LogP contribution in [0.3, 0.4) is 0 Å². The van der Waals surface area contributed by atoms with Gasteiger partial charge in [-0.2, -0.15) is 0 Å². The molecule has 2 aliphatic rings. The minimum Gasteiger partial charge on any atom is -0.353 e. The van der Waals surface area contributed by atoms with Crippen molar-refractivity contribution in [3.8, 4) is 0 Å². The number of likely N-dealkylation sites (tertiary alicyclic amines) is 1. The van der Waals surface area contributed by atoms with Crippen LogP contribution in [0.2, 0.25) is 0 Å². The molecule has 1 N–H and O–H groups in total. The van der Waals surface area contributed by atoms with Crippen LogP contribution in [0.4, 0.5) is 0 Å². The predicted octanol–water partition coefficient (Wildman–Crippen LogP) is 2.62. The first-order valence-electron chi connectivity index (χ1n) is 10.8. The average Bonchev–Trinajstić information content (AvgIpc) is 2.76. The highest BCUT2D eigenvalue weighted by atomic mass is 32.2. The van der Waals surface area contributed by atoms with Crippen molar-refractivity contribution in [1.82, 2.24) is 19.8 Å². The topological polar surface area (TPSA) is 67.2 Å². The van der Waals surface area contributed by atoms with Crippen LogP contribution in [0.15, 0.2) is 40.3 Å². The quantitative estimate of drug-likeness (QED) is 0.745. The van der Waals surface area contributed by atoms with Crippen molar-refractivity contribution in [1.29, 1.82) is 0 Å². The number of aromatic nitrogens is 2. The van der Waals surface area contributed by atoms with E-state index in [4.69, 9.17) is 0 Å². The zero-order valence-corrected chi connectivity index (χ0v) is 18.6. The molecule has 160 valence electrons. The summed E-state index contributed by atoms with van der Waals surface area (Å²) < 4.78 is 1.70. The normalized spacial score (nSPS) is 20.0. The van der Waals surface area contributed by atoms with Gasteiger partial charge in [0.1, 0.15) is 0 Å². The summed E-state index contributed by atoms with van der Waals surface area (Å²) in [6.45, 7) is 7.25. The van der Waals surface area contributed by atoms with Gasteiger partial charge in [0.15, 0.2) is 5.16 Å². The minimum absolute atomic E-state index is 0.0132. The van der Waals surface area contributed by atoms with Gasteiger partial charge in [0.2, 0.25) is 5.91 Å². The van der Waals surface area contributed by atoms with Crippen molar-refractivity contribution in [2.75, 3.05) is 18.8 Å². The number of nitrogens with one attached hydrogen (secondary N) is 1. The Balaban J connectivity index is 1.32. The van der Waals surface area contributed by atoms with Crippen LogP contribution in [0.1, 0.15) is 36.6 Å². The number of amides is 1. The number of fused-ring (bicyclic) bond motifs is 1. The van der Waals surface area contributed by atoms with Crippen LogP contribution in [-0.2, 0) is 24.3 Å². The van der Waals surface area contributed by atoms with Gasteiger partial charge < -0.3 is 5.32 Å². The highest BCUT2D eigenvalue weighted by Gasteiger charge is 2.30. The molecule has 0 aliphatic carbocycles. The second kappa shape index (κ2) is 9.35. The average molecular weight is 427 g/mol. The summed E-state index contributed by atoms with van der Waals surface area (Å²) in [7, 11) is 0. The van der Waals surface area contributed by atoms with E-state index in [1.807, 2.05) is 19.9 Å². The van der Waals surface area contributed by atoms with Crippen molar-refractivity contribution in [3.63, 3.8) is 0 Å². The summed E-state index contributed by atoms with van der Waals surface area (Å²) >= 11 is 1.52. The van der Waals surface area contributed by atoms with Crippen LogP contribution in [0.5, 0.6) is 0 Å². The van der Waals surface area contributed by atoms with Gasteiger partial charge in [0.05, 0.1) is 5.92 Å². The fourth-order valence-corrected chi connectivity index (χ4v) is 5.48. The molecule has 7 heteroatoms. The zero-order chi connectivity index (χ0) is 21.1. The number of piperidine rings is 1. The van der Waals surface area contributed by atoms with E-state index >= 15 is 0 Å². The molecule has 2 aliphatic heterocycles. The summed E-state index contributed by atoms with van der Waals surface area (Å²) in [5, 5.41) is 3.99. The summed E-state index contributed by atoms with van der Waals surface area (Å²) in [6.07, 6.45) is 2.60. The molecular formula is C23H30N4O2S. The first-order valence-corrected chi connectivity index (χ1v) is 11.8. The minimum atomic E-state index is -0.184. The van der Waals surface area contributed by atoms with Crippen molar-refractivity contribution >= 4 is 17.7 Å². The third kappa shape index (κ3) is 4.62. The second-order valence-electron chi connectivity index (χ2n) is 8.28. The number of benzene rings is 1. The Kier molecular flexibility index (Phi) is 6.58. The smallest absolute Gasteiger partial charge is 0.257 e. The Morgan fingerprint density at radius 1 is 1.23 bits per heavy atom. The lowest BCUT2D eigenvalue weighted by atomic mass is 10.0. The maximum Gasteiger partial charge on any atom is 0.257 e. The number of nitrogens with zero attached hydrogens (tertiary/aromatic N) is 3. The molecule has 1 atom stereocenters.